The van der Waals surface area contributed by atoms with Gasteiger partial charge < -0.3 is 9.80 Å². The number of hydrogen-bond acceptors (Lipinski definition) is 5. The van der Waals surface area contributed by atoms with Gasteiger partial charge in [-0.2, -0.15) is 0 Å². The number of nitrogens with zero attached hydrogens (tertiary/aromatic N) is 3. The fraction of sp³-hybridized carbons (Fsp3) is 0.417. The third kappa shape index (κ3) is 4.46. The van der Waals surface area contributed by atoms with Crippen molar-refractivity contribution in [3.05, 3.63) is 58.1 Å². The van der Waals surface area contributed by atoms with Gasteiger partial charge in [0.05, 0.1) is 4.90 Å². The van der Waals surface area contributed by atoms with Crippen LogP contribution in [0.25, 0.3) is 0 Å². The predicted molar refractivity (Wildman–Crippen MR) is 128 cm³/mol. The van der Waals surface area contributed by atoms with Crippen LogP contribution in [0.3, 0.4) is 0 Å². The summed E-state index contributed by atoms with van der Waals surface area (Å²) in [6, 6.07) is 9.51. The zero-order valence-corrected chi connectivity index (χ0v) is 20.6. The summed E-state index contributed by atoms with van der Waals surface area (Å²) in [5.74, 6) is -0.838. The molecule has 0 N–H and O–H groups in total. The Morgan fingerprint density at radius 1 is 0.939 bits per heavy atom. The van der Waals surface area contributed by atoms with Gasteiger partial charge in [-0.05, 0) is 68.1 Å². The zero-order chi connectivity index (χ0) is 23.9. The first-order valence-corrected chi connectivity index (χ1v) is 12.9. The summed E-state index contributed by atoms with van der Waals surface area (Å²) < 4.78 is 27.5. The summed E-state index contributed by atoms with van der Waals surface area (Å²) in [4.78, 5) is 29.8. The first kappa shape index (κ1) is 23.6. The average Bonchev–Trinajstić information content (AvgIpc) is 3.19. The maximum Gasteiger partial charge on any atom is 0.267 e. The Labute approximate surface area is 200 Å². The van der Waals surface area contributed by atoms with Crippen LogP contribution in [0.15, 0.2) is 41.3 Å². The summed E-state index contributed by atoms with van der Waals surface area (Å²) in [5.41, 5.74) is 3.91. The molecule has 2 heterocycles. The normalized spacial score (nSPS) is 19.3. The van der Waals surface area contributed by atoms with Crippen molar-refractivity contribution in [2.75, 3.05) is 31.1 Å². The van der Waals surface area contributed by atoms with Gasteiger partial charge in [-0.25, -0.2) is 12.7 Å². The van der Waals surface area contributed by atoms with Gasteiger partial charge in [0, 0.05) is 43.3 Å². The van der Waals surface area contributed by atoms with Gasteiger partial charge in [0.1, 0.15) is 6.04 Å². The molecule has 0 bridgehead atoms. The molecule has 9 heteroatoms. The van der Waals surface area contributed by atoms with Crippen molar-refractivity contribution in [2.45, 2.75) is 44.6 Å². The predicted octanol–water partition coefficient (Wildman–Crippen LogP) is 3.29. The fourth-order valence-electron chi connectivity index (χ4n) is 4.48. The minimum Gasteiger partial charge on any atom is -0.368 e. The van der Waals surface area contributed by atoms with E-state index in [1.807, 2.05) is 39.0 Å². The summed E-state index contributed by atoms with van der Waals surface area (Å²) in [7, 11) is -4.11. The molecule has 7 nitrogen and oxygen atoms in total. The van der Waals surface area contributed by atoms with Gasteiger partial charge in [-0.1, -0.05) is 23.7 Å². The van der Waals surface area contributed by atoms with Crippen LogP contribution in [0.4, 0.5) is 5.69 Å². The van der Waals surface area contributed by atoms with Crippen LogP contribution in [0.5, 0.6) is 0 Å². The summed E-state index contributed by atoms with van der Waals surface area (Å²) in [5, 5.41) is 0.658. The Morgan fingerprint density at radius 2 is 1.61 bits per heavy atom. The van der Waals surface area contributed by atoms with Gasteiger partial charge in [-0.15, -0.1) is 0 Å². The lowest BCUT2D eigenvalue weighted by atomic mass is 10.1. The molecular formula is C24H28ClN3O4S. The van der Waals surface area contributed by atoms with Crippen LogP contribution in [0, 0.1) is 20.8 Å². The number of sulfonamides is 1. The van der Waals surface area contributed by atoms with Crippen molar-refractivity contribution in [1.82, 2.24) is 9.21 Å². The van der Waals surface area contributed by atoms with Gasteiger partial charge in [0.2, 0.25) is 11.8 Å². The monoisotopic (exact) mass is 489 g/mol. The highest BCUT2D eigenvalue weighted by molar-refractivity contribution is 7.89. The molecule has 0 aliphatic carbocycles. The highest BCUT2D eigenvalue weighted by atomic mass is 35.5. The van der Waals surface area contributed by atoms with E-state index in [0.717, 1.165) is 26.7 Å². The molecule has 2 aliphatic rings. The standard InChI is InChI=1S/C24H28ClN3O4S/c1-16-5-7-20(14-18(16)3)33(31,32)28-21(8-9-23(28)29)24(30)27-12-10-26(11-13-27)22-15-19(25)6-4-17(22)2/h4-7,14-15,21H,8-13H2,1-3H3/t21-/m0/s1. The topological polar surface area (TPSA) is 78.0 Å². The molecule has 0 radical (unpaired) electrons. The Bertz CT molecular complexity index is 1210. The highest BCUT2D eigenvalue weighted by Gasteiger charge is 2.46. The van der Waals surface area contributed by atoms with Crippen molar-refractivity contribution in [1.29, 1.82) is 0 Å². The van der Waals surface area contributed by atoms with E-state index in [0.29, 0.717) is 31.2 Å². The summed E-state index contributed by atoms with van der Waals surface area (Å²) in [6.07, 6.45) is 0.248. The minimum atomic E-state index is -4.11. The van der Waals surface area contributed by atoms with E-state index >= 15 is 0 Å². The fourth-order valence-corrected chi connectivity index (χ4v) is 6.33. The van der Waals surface area contributed by atoms with Gasteiger partial charge in [0.15, 0.2) is 0 Å². The molecule has 2 aliphatic heterocycles. The van der Waals surface area contributed by atoms with Crippen LogP contribution in [0.2, 0.25) is 5.02 Å². The third-order valence-corrected chi connectivity index (χ3v) is 8.64. The lowest BCUT2D eigenvalue weighted by Gasteiger charge is -2.38. The Morgan fingerprint density at radius 3 is 2.27 bits per heavy atom. The lowest BCUT2D eigenvalue weighted by Crippen LogP contribution is -2.55. The van der Waals surface area contributed by atoms with E-state index in [9.17, 15) is 18.0 Å². The van der Waals surface area contributed by atoms with Gasteiger partial charge in [-0.3, -0.25) is 9.59 Å². The second kappa shape index (κ2) is 8.99. The molecule has 33 heavy (non-hydrogen) atoms. The maximum absolute atomic E-state index is 13.3. The van der Waals surface area contributed by atoms with Crippen molar-refractivity contribution in [3.8, 4) is 0 Å². The average molecular weight is 490 g/mol. The van der Waals surface area contributed by atoms with Crippen LogP contribution in [-0.4, -0.2) is 61.7 Å². The first-order chi connectivity index (χ1) is 15.6. The van der Waals surface area contributed by atoms with E-state index in [-0.39, 0.29) is 23.6 Å². The van der Waals surface area contributed by atoms with Crippen molar-refractivity contribution >= 4 is 39.1 Å². The number of benzene rings is 2. The molecule has 4 rings (SSSR count). The number of aryl methyl sites for hydroxylation is 3. The molecule has 2 fully saturated rings. The van der Waals surface area contributed by atoms with Crippen molar-refractivity contribution in [3.63, 3.8) is 0 Å². The molecule has 0 aromatic heterocycles. The van der Waals surface area contributed by atoms with E-state index < -0.39 is 22.0 Å². The number of piperazine rings is 1. The van der Waals surface area contributed by atoms with E-state index in [2.05, 4.69) is 4.90 Å². The molecule has 2 aromatic rings. The molecule has 2 aromatic carbocycles. The number of halogens is 1. The number of amides is 2. The van der Waals surface area contributed by atoms with E-state index in [4.69, 9.17) is 11.6 Å². The molecule has 2 saturated heterocycles. The van der Waals surface area contributed by atoms with Crippen LogP contribution in [0.1, 0.15) is 29.5 Å². The number of anilines is 1. The summed E-state index contributed by atoms with van der Waals surface area (Å²) in [6.45, 7) is 7.85. The SMILES string of the molecule is Cc1ccc(S(=O)(=O)N2C(=O)CC[C@H]2C(=O)N2CCN(c3cc(Cl)ccc3C)CC2)cc1C. The summed E-state index contributed by atoms with van der Waals surface area (Å²) >= 11 is 6.16. The van der Waals surface area contributed by atoms with Crippen molar-refractivity contribution in [2.24, 2.45) is 0 Å². The number of carbonyl (C=O) groups excluding carboxylic acids is 2. The lowest BCUT2D eigenvalue weighted by molar-refractivity contribution is -0.138. The Balaban J connectivity index is 1.51. The molecular weight excluding hydrogens is 462 g/mol. The number of hydrogen-bond donors (Lipinski definition) is 0. The van der Waals surface area contributed by atoms with Crippen LogP contribution in [-0.2, 0) is 19.6 Å². The number of rotatable bonds is 4. The second-order valence-corrected chi connectivity index (χ2v) is 11.0. The molecule has 0 unspecified atom stereocenters. The quantitative estimate of drug-likeness (QED) is 0.658. The van der Waals surface area contributed by atoms with Gasteiger partial charge in [0.25, 0.3) is 10.0 Å². The van der Waals surface area contributed by atoms with Gasteiger partial charge >= 0.3 is 0 Å². The highest BCUT2D eigenvalue weighted by Crippen LogP contribution is 2.30. The third-order valence-electron chi connectivity index (χ3n) is 6.58. The molecule has 2 amide bonds. The maximum atomic E-state index is 13.3. The van der Waals surface area contributed by atoms with E-state index in [1.165, 1.54) is 6.07 Å². The Kier molecular flexibility index (Phi) is 6.42. The molecule has 0 saturated carbocycles. The molecule has 176 valence electrons. The largest absolute Gasteiger partial charge is 0.368 e. The molecule has 0 spiro atoms. The second-order valence-electron chi connectivity index (χ2n) is 8.74. The Hall–Kier alpha value is -2.58. The van der Waals surface area contributed by atoms with Crippen molar-refractivity contribution < 1.29 is 18.0 Å². The zero-order valence-electron chi connectivity index (χ0n) is 19.0. The smallest absolute Gasteiger partial charge is 0.267 e. The van der Waals surface area contributed by atoms with Crippen LogP contribution >= 0.6 is 11.6 Å². The molecule has 1 atom stereocenters. The first-order valence-electron chi connectivity index (χ1n) is 11.0. The van der Waals surface area contributed by atoms with E-state index in [1.54, 1.807) is 17.0 Å². The minimum absolute atomic E-state index is 0.0416. The number of carbonyl (C=O) groups is 2. The van der Waals surface area contributed by atoms with Crippen LogP contribution < -0.4 is 4.90 Å².